The Hall–Kier alpha value is -0.950. The van der Waals surface area contributed by atoms with Crippen molar-refractivity contribution < 1.29 is 13.2 Å². The fraction of sp³-hybridized carbons (Fsp3) is 0.600. The standard InChI is InChI=1S/C15H26N2O3S/c1-5-14-8-7-13(11-16-6-2)9-15(14)21(18,19)17-10-12(3)20-4/h7-9,12,16-17H,5-6,10-11H2,1-4H3. The Bertz CT molecular complexity index is 544. The van der Waals surface area contributed by atoms with E-state index in [1.807, 2.05) is 32.9 Å². The molecule has 6 heteroatoms. The van der Waals surface area contributed by atoms with E-state index in [1.54, 1.807) is 13.2 Å². The highest BCUT2D eigenvalue weighted by Crippen LogP contribution is 2.18. The van der Waals surface area contributed by atoms with E-state index in [0.29, 0.717) is 17.9 Å². The lowest BCUT2D eigenvalue weighted by Crippen LogP contribution is -2.32. The summed E-state index contributed by atoms with van der Waals surface area (Å²) < 4.78 is 32.6. The molecule has 0 radical (unpaired) electrons. The molecule has 1 atom stereocenters. The van der Waals surface area contributed by atoms with Gasteiger partial charge in [0, 0.05) is 20.2 Å². The third kappa shape index (κ3) is 5.39. The van der Waals surface area contributed by atoms with Gasteiger partial charge in [0.15, 0.2) is 0 Å². The van der Waals surface area contributed by atoms with Crippen LogP contribution in [0.4, 0.5) is 0 Å². The number of sulfonamides is 1. The Morgan fingerprint density at radius 1 is 1.29 bits per heavy atom. The normalized spacial score (nSPS) is 13.3. The number of aryl methyl sites for hydroxylation is 1. The number of nitrogens with one attached hydrogen (secondary N) is 2. The Morgan fingerprint density at radius 3 is 2.57 bits per heavy atom. The predicted molar refractivity (Wildman–Crippen MR) is 84.9 cm³/mol. The van der Waals surface area contributed by atoms with Crippen LogP contribution in [0.5, 0.6) is 0 Å². The summed E-state index contributed by atoms with van der Waals surface area (Å²) in [5.74, 6) is 0. The fourth-order valence-electron chi connectivity index (χ4n) is 1.91. The van der Waals surface area contributed by atoms with E-state index >= 15 is 0 Å². The van der Waals surface area contributed by atoms with Gasteiger partial charge >= 0.3 is 0 Å². The molecule has 0 saturated heterocycles. The molecule has 1 aromatic carbocycles. The molecule has 5 nitrogen and oxygen atoms in total. The van der Waals surface area contributed by atoms with Crippen LogP contribution >= 0.6 is 0 Å². The van der Waals surface area contributed by atoms with Gasteiger partial charge < -0.3 is 10.1 Å². The molecule has 120 valence electrons. The van der Waals surface area contributed by atoms with Gasteiger partial charge in [-0.15, -0.1) is 0 Å². The van der Waals surface area contributed by atoms with Crippen LogP contribution < -0.4 is 10.0 Å². The van der Waals surface area contributed by atoms with Crippen LogP contribution in [0.1, 0.15) is 31.9 Å². The third-order valence-electron chi connectivity index (χ3n) is 3.34. The fourth-order valence-corrected chi connectivity index (χ4v) is 3.38. The Kier molecular flexibility index (Phi) is 7.31. The van der Waals surface area contributed by atoms with Crippen LogP contribution in [-0.2, 0) is 27.7 Å². The number of hydrogen-bond acceptors (Lipinski definition) is 4. The summed E-state index contributed by atoms with van der Waals surface area (Å²) in [5.41, 5.74) is 1.79. The average Bonchev–Trinajstić information content (AvgIpc) is 2.50. The van der Waals surface area contributed by atoms with Gasteiger partial charge in [0.05, 0.1) is 11.0 Å². The van der Waals surface area contributed by atoms with Crippen molar-refractivity contribution in [3.05, 3.63) is 29.3 Å². The minimum Gasteiger partial charge on any atom is -0.380 e. The molecular weight excluding hydrogens is 288 g/mol. The van der Waals surface area contributed by atoms with Crippen LogP contribution in [0.25, 0.3) is 0 Å². The van der Waals surface area contributed by atoms with Crippen molar-refractivity contribution in [2.24, 2.45) is 0 Å². The molecule has 1 rings (SSSR count). The second-order valence-corrected chi connectivity index (χ2v) is 6.71. The zero-order chi connectivity index (χ0) is 15.9. The highest BCUT2D eigenvalue weighted by Gasteiger charge is 2.19. The van der Waals surface area contributed by atoms with Crippen LogP contribution in [0.15, 0.2) is 23.1 Å². The molecule has 0 aliphatic rings. The summed E-state index contributed by atoms with van der Waals surface area (Å²) in [6.07, 6.45) is 0.521. The smallest absolute Gasteiger partial charge is 0.240 e. The molecule has 0 aromatic heterocycles. The Labute approximate surface area is 128 Å². The molecule has 1 unspecified atom stereocenters. The van der Waals surface area contributed by atoms with E-state index in [-0.39, 0.29) is 12.6 Å². The number of hydrogen-bond donors (Lipinski definition) is 2. The predicted octanol–water partition coefficient (Wildman–Crippen LogP) is 1.67. The first-order valence-corrected chi connectivity index (χ1v) is 8.77. The molecular formula is C15H26N2O3S. The molecule has 0 saturated carbocycles. The van der Waals surface area contributed by atoms with Gasteiger partial charge in [0.25, 0.3) is 0 Å². The monoisotopic (exact) mass is 314 g/mol. The highest BCUT2D eigenvalue weighted by atomic mass is 32.2. The van der Waals surface area contributed by atoms with Crippen molar-refractivity contribution in [3.8, 4) is 0 Å². The summed E-state index contributed by atoms with van der Waals surface area (Å²) in [5, 5.41) is 3.20. The van der Waals surface area contributed by atoms with Crippen molar-refractivity contribution in [1.29, 1.82) is 0 Å². The number of rotatable bonds is 9. The second kappa shape index (κ2) is 8.48. The molecule has 0 fully saturated rings. The van der Waals surface area contributed by atoms with Crippen molar-refractivity contribution in [1.82, 2.24) is 10.0 Å². The lowest BCUT2D eigenvalue weighted by atomic mass is 10.1. The first-order chi connectivity index (χ1) is 9.94. The van der Waals surface area contributed by atoms with Crippen LogP contribution in [0, 0.1) is 0 Å². The van der Waals surface area contributed by atoms with Crippen molar-refractivity contribution in [2.75, 3.05) is 20.2 Å². The Morgan fingerprint density at radius 2 is 2.00 bits per heavy atom. The molecule has 1 aromatic rings. The summed E-state index contributed by atoms with van der Waals surface area (Å²) in [4.78, 5) is 0.365. The maximum Gasteiger partial charge on any atom is 0.240 e. The van der Waals surface area contributed by atoms with Crippen LogP contribution in [-0.4, -0.2) is 34.7 Å². The molecule has 21 heavy (non-hydrogen) atoms. The lowest BCUT2D eigenvalue weighted by Gasteiger charge is -2.15. The molecule has 0 bridgehead atoms. The quantitative estimate of drug-likeness (QED) is 0.727. The van der Waals surface area contributed by atoms with E-state index < -0.39 is 10.0 Å². The molecule has 0 aliphatic heterocycles. The first-order valence-electron chi connectivity index (χ1n) is 7.29. The highest BCUT2D eigenvalue weighted by molar-refractivity contribution is 7.89. The topological polar surface area (TPSA) is 67.4 Å². The molecule has 0 aliphatic carbocycles. The summed E-state index contributed by atoms with van der Waals surface area (Å²) in [7, 11) is -1.95. The third-order valence-corrected chi connectivity index (χ3v) is 4.85. The summed E-state index contributed by atoms with van der Waals surface area (Å²) in [6.45, 7) is 7.57. The number of benzene rings is 1. The van der Waals surface area contributed by atoms with Crippen molar-refractivity contribution in [2.45, 2.75) is 44.7 Å². The van der Waals surface area contributed by atoms with Gasteiger partial charge in [-0.3, -0.25) is 0 Å². The van der Waals surface area contributed by atoms with Gasteiger partial charge in [-0.25, -0.2) is 13.1 Å². The molecule has 2 N–H and O–H groups in total. The summed E-state index contributed by atoms with van der Waals surface area (Å²) >= 11 is 0. The van der Waals surface area contributed by atoms with Crippen molar-refractivity contribution >= 4 is 10.0 Å². The zero-order valence-corrected chi connectivity index (χ0v) is 14.1. The zero-order valence-electron chi connectivity index (χ0n) is 13.3. The van der Waals surface area contributed by atoms with Crippen LogP contribution in [0.3, 0.4) is 0 Å². The minimum atomic E-state index is -3.51. The van der Waals surface area contributed by atoms with E-state index in [2.05, 4.69) is 10.0 Å². The number of methoxy groups -OCH3 is 1. The van der Waals surface area contributed by atoms with E-state index in [0.717, 1.165) is 17.7 Å². The maximum atomic E-state index is 12.5. The average molecular weight is 314 g/mol. The minimum absolute atomic E-state index is 0.158. The number of ether oxygens (including phenoxy) is 1. The second-order valence-electron chi connectivity index (χ2n) is 4.97. The van der Waals surface area contributed by atoms with Gasteiger partial charge in [-0.1, -0.05) is 26.0 Å². The maximum absolute atomic E-state index is 12.5. The lowest BCUT2D eigenvalue weighted by molar-refractivity contribution is 0.122. The van der Waals surface area contributed by atoms with E-state index in [4.69, 9.17) is 4.74 Å². The molecule has 0 spiro atoms. The molecule has 0 heterocycles. The van der Waals surface area contributed by atoms with Gasteiger partial charge in [-0.2, -0.15) is 0 Å². The largest absolute Gasteiger partial charge is 0.380 e. The van der Waals surface area contributed by atoms with Crippen molar-refractivity contribution in [3.63, 3.8) is 0 Å². The SMILES string of the molecule is CCNCc1ccc(CC)c(S(=O)(=O)NCC(C)OC)c1. The van der Waals surface area contributed by atoms with Crippen LogP contribution in [0.2, 0.25) is 0 Å². The van der Waals surface area contributed by atoms with Gasteiger partial charge in [0.2, 0.25) is 10.0 Å². The Balaban J connectivity index is 3.01. The van der Waals surface area contributed by atoms with Gasteiger partial charge in [0.1, 0.15) is 0 Å². The first kappa shape index (κ1) is 18.1. The summed E-state index contributed by atoms with van der Waals surface area (Å²) in [6, 6.07) is 5.61. The van der Waals surface area contributed by atoms with E-state index in [1.165, 1.54) is 0 Å². The molecule has 0 amide bonds. The van der Waals surface area contributed by atoms with Gasteiger partial charge in [-0.05, 0) is 37.1 Å². The van der Waals surface area contributed by atoms with E-state index in [9.17, 15) is 8.42 Å².